The molecule has 0 aliphatic heterocycles. The quantitative estimate of drug-likeness (QED) is 0.357. The van der Waals surface area contributed by atoms with Crippen LogP contribution in [-0.4, -0.2) is 11.8 Å². The Labute approximate surface area is 129 Å². The van der Waals surface area contributed by atoms with Crippen molar-refractivity contribution in [1.82, 2.24) is 0 Å². The Morgan fingerprint density at radius 2 is 0.952 bits per heavy atom. The second kappa shape index (κ2) is 15.1. The van der Waals surface area contributed by atoms with Crippen molar-refractivity contribution in [3.8, 4) is 0 Å². The number of hydrogen-bond donors (Lipinski definition) is 2. The Bertz CT molecular complexity index is 301. The van der Waals surface area contributed by atoms with Crippen LogP contribution in [0, 0.1) is 0 Å². The fourth-order valence-corrected chi connectivity index (χ4v) is 2.25. The molecule has 0 radical (unpaired) electrons. The van der Waals surface area contributed by atoms with Crippen LogP contribution in [0.4, 0.5) is 0 Å². The van der Waals surface area contributed by atoms with Crippen LogP contribution in [0.15, 0.2) is 12.2 Å². The van der Waals surface area contributed by atoms with E-state index in [1.807, 2.05) is 0 Å². The van der Waals surface area contributed by atoms with Gasteiger partial charge in [0.1, 0.15) is 0 Å². The van der Waals surface area contributed by atoms with Crippen LogP contribution in [0.2, 0.25) is 0 Å². The van der Waals surface area contributed by atoms with Crippen LogP contribution in [0.1, 0.15) is 83.5 Å². The van der Waals surface area contributed by atoms with E-state index in [2.05, 4.69) is 12.2 Å². The number of carbonyl (C=O) groups excluding carboxylic acids is 2. The maximum Gasteiger partial charge on any atom is 0.217 e. The van der Waals surface area contributed by atoms with E-state index in [4.69, 9.17) is 11.5 Å². The first-order chi connectivity index (χ1) is 10.1. The normalized spacial score (nSPS) is 11.0. The van der Waals surface area contributed by atoms with Crippen molar-refractivity contribution in [2.24, 2.45) is 11.5 Å². The summed E-state index contributed by atoms with van der Waals surface area (Å²) in [6.45, 7) is 0. The molecule has 122 valence electrons. The molecule has 0 aromatic carbocycles. The van der Waals surface area contributed by atoms with Crippen molar-refractivity contribution < 1.29 is 9.59 Å². The average Bonchev–Trinajstić information content (AvgIpc) is 2.42. The number of primary amides is 2. The topological polar surface area (TPSA) is 86.2 Å². The highest BCUT2D eigenvalue weighted by Crippen LogP contribution is 2.10. The molecule has 4 nitrogen and oxygen atoms in total. The molecule has 0 aromatic heterocycles. The van der Waals surface area contributed by atoms with Gasteiger partial charge in [-0.1, -0.05) is 50.7 Å². The van der Waals surface area contributed by atoms with Gasteiger partial charge in [0.15, 0.2) is 0 Å². The Balaban J connectivity index is 3.10. The van der Waals surface area contributed by atoms with Gasteiger partial charge in [-0.05, 0) is 32.1 Å². The van der Waals surface area contributed by atoms with Crippen molar-refractivity contribution in [2.75, 3.05) is 0 Å². The van der Waals surface area contributed by atoms with E-state index in [0.717, 1.165) is 32.1 Å². The maximum atomic E-state index is 10.5. The molecule has 0 heterocycles. The van der Waals surface area contributed by atoms with Crippen molar-refractivity contribution >= 4 is 11.8 Å². The highest BCUT2D eigenvalue weighted by atomic mass is 16.1. The monoisotopic (exact) mass is 296 g/mol. The van der Waals surface area contributed by atoms with Crippen LogP contribution in [0.3, 0.4) is 0 Å². The summed E-state index contributed by atoms with van der Waals surface area (Å²) in [7, 11) is 0. The molecular formula is C17H32N2O2. The molecule has 0 saturated heterocycles. The number of nitrogens with two attached hydrogens (primary N) is 2. The highest BCUT2D eigenvalue weighted by molar-refractivity contribution is 5.73. The van der Waals surface area contributed by atoms with Crippen molar-refractivity contribution in [1.29, 1.82) is 0 Å². The smallest absolute Gasteiger partial charge is 0.217 e. The summed E-state index contributed by atoms with van der Waals surface area (Å²) in [5, 5.41) is 0. The third kappa shape index (κ3) is 18.7. The molecule has 0 saturated carbocycles. The summed E-state index contributed by atoms with van der Waals surface area (Å²) >= 11 is 0. The number of rotatable bonds is 15. The minimum Gasteiger partial charge on any atom is -0.370 e. The lowest BCUT2D eigenvalue weighted by molar-refractivity contribution is -0.118. The van der Waals surface area contributed by atoms with Crippen molar-refractivity contribution in [2.45, 2.75) is 83.5 Å². The van der Waals surface area contributed by atoms with E-state index in [-0.39, 0.29) is 11.8 Å². The zero-order valence-corrected chi connectivity index (χ0v) is 13.3. The number of carbonyl (C=O) groups is 2. The van der Waals surface area contributed by atoms with Gasteiger partial charge in [-0.2, -0.15) is 0 Å². The zero-order chi connectivity index (χ0) is 15.8. The molecule has 4 heteroatoms. The third-order valence-electron chi connectivity index (χ3n) is 3.50. The lowest BCUT2D eigenvalue weighted by Gasteiger charge is -2.01. The zero-order valence-electron chi connectivity index (χ0n) is 13.3. The van der Waals surface area contributed by atoms with E-state index in [0.29, 0.717) is 12.8 Å². The fraction of sp³-hybridized carbons (Fsp3) is 0.765. The number of amides is 2. The molecule has 0 aliphatic rings. The van der Waals surface area contributed by atoms with Gasteiger partial charge in [-0.15, -0.1) is 0 Å². The molecule has 0 spiro atoms. The predicted molar refractivity (Wildman–Crippen MR) is 87.5 cm³/mol. The predicted octanol–water partition coefficient (Wildman–Crippen LogP) is 3.58. The Kier molecular flexibility index (Phi) is 14.1. The van der Waals surface area contributed by atoms with Gasteiger partial charge in [0.05, 0.1) is 0 Å². The van der Waals surface area contributed by atoms with Gasteiger partial charge in [-0.3, -0.25) is 9.59 Å². The summed E-state index contributed by atoms with van der Waals surface area (Å²) in [6.07, 6.45) is 18.0. The number of unbranched alkanes of at least 4 members (excludes halogenated alkanes) is 9. The molecule has 0 atom stereocenters. The van der Waals surface area contributed by atoms with Crippen molar-refractivity contribution in [3.63, 3.8) is 0 Å². The third-order valence-corrected chi connectivity index (χ3v) is 3.50. The van der Waals surface area contributed by atoms with Gasteiger partial charge < -0.3 is 11.5 Å². The lowest BCUT2D eigenvalue weighted by Crippen LogP contribution is -2.09. The van der Waals surface area contributed by atoms with Gasteiger partial charge in [-0.25, -0.2) is 0 Å². The van der Waals surface area contributed by atoms with E-state index in [9.17, 15) is 9.59 Å². The molecule has 0 rings (SSSR count). The molecule has 21 heavy (non-hydrogen) atoms. The molecular weight excluding hydrogens is 264 g/mol. The summed E-state index contributed by atoms with van der Waals surface area (Å²) in [5.74, 6) is -0.393. The van der Waals surface area contributed by atoms with Gasteiger partial charge in [0.25, 0.3) is 0 Å². The second-order valence-corrected chi connectivity index (χ2v) is 5.66. The first-order valence-electron chi connectivity index (χ1n) is 8.34. The summed E-state index contributed by atoms with van der Waals surface area (Å²) in [6, 6.07) is 0. The Morgan fingerprint density at radius 1 is 0.571 bits per heavy atom. The molecule has 0 fully saturated rings. The Morgan fingerprint density at radius 3 is 1.48 bits per heavy atom. The Hall–Kier alpha value is -1.32. The largest absolute Gasteiger partial charge is 0.370 e. The first kappa shape index (κ1) is 19.7. The summed E-state index contributed by atoms with van der Waals surface area (Å²) < 4.78 is 0. The standard InChI is InChI=1S/C17H32N2O2/c18-16(20)14-12-10-8-6-4-2-1-3-5-7-9-11-13-15-17(19)21/h6,8H,1-5,7,9-15H2,(H2,18,20)(H2,19,21). The summed E-state index contributed by atoms with van der Waals surface area (Å²) in [5.41, 5.74) is 10.2. The molecule has 0 aromatic rings. The minimum absolute atomic E-state index is 0.183. The van der Waals surface area contributed by atoms with Crippen LogP contribution in [0.25, 0.3) is 0 Å². The van der Waals surface area contributed by atoms with Crippen LogP contribution in [-0.2, 0) is 9.59 Å². The van der Waals surface area contributed by atoms with Gasteiger partial charge >= 0.3 is 0 Å². The number of hydrogen-bond acceptors (Lipinski definition) is 2. The van der Waals surface area contributed by atoms with Crippen LogP contribution < -0.4 is 11.5 Å². The first-order valence-corrected chi connectivity index (χ1v) is 8.34. The van der Waals surface area contributed by atoms with Crippen molar-refractivity contribution in [3.05, 3.63) is 12.2 Å². The number of allylic oxidation sites excluding steroid dienone is 2. The molecule has 0 bridgehead atoms. The minimum atomic E-state index is -0.210. The summed E-state index contributed by atoms with van der Waals surface area (Å²) in [4.78, 5) is 21.1. The highest BCUT2D eigenvalue weighted by Gasteiger charge is 1.95. The molecule has 0 unspecified atom stereocenters. The van der Waals surface area contributed by atoms with Crippen LogP contribution in [0.5, 0.6) is 0 Å². The van der Waals surface area contributed by atoms with E-state index >= 15 is 0 Å². The molecule has 2 amide bonds. The fourth-order valence-electron chi connectivity index (χ4n) is 2.25. The molecule has 0 aliphatic carbocycles. The SMILES string of the molecule is NC(=O)CCCC=CCCCCCCCCCCC(N)=O. The van der Waals surface area contributed by atoms with E-state index in [1.165, 1.54) is 38.5 Å². The van der Waals surface area contributed by atoms with Gasteiger partial charge in [0, 0.05) is 12.8 Å². The average molecular weight is 296 g/mol. The lowest BCUT2D eigenvalue weighted by atomic mass is 10.1. The maximum absolute atomic E-state index is 10.5. The van der Waals surface area contributed by atoms with E-state index in [1.54, 1.807) is 0 Å². The molecule has 4 N–H and O–H groups in total. The second-order valence-electron chi connectivity index (χ2n) is 5.66. The van der Waals surface area contributed by atoms with E-state index < -0.39 is 0 Å². The van der Waals surface area contributed by atoms with Gasteiger partial charge in [0.2, 0.25) is 11.8 Å². The van der Waals surface area contributed by atoms with Crippen LogP contribution >= 0.6 is 0 Å².